The van der Waals surface area contributed by atoms with Crippen LogP contribution in [-0.2, 0) is 11.8 Å². The number of carbonyl (C=O) groups is 1. The second-order valence-corrected chi connectivity index (χ2v) is 6.60. The molecule has 3 aromatic rings. The van der Waals surface area contributed by atoms with Gasteiger partial charge in [-0.2, -0.15) is 5.10 Å². The van der Waals surface area contributed by atoms with Crippen LogP contribution in [0.1, 0.15) is 6.92 Å². The Labute approximate surface area is 161 Å². The number of Topliss-reactive ketones (excluding diaryl/α,β-unsaturated/α-hetero) is 1. The van der Waals surface area contributed by atoms with Gasteiger partial charge in [-0.1, -0.05) is 18.2 Å². The quantitative estimate of drug-likeness (QED) is 0.304. The summed E-state index contributed by atoms with van der Waals surface area (Å²) >= 11 is 1.17. The van der Waals surface area contributed by atoms with Crippen molar-refractivity contribution in [2.45, 2.75) is 12.1 Å². The summed E-state index contributed by atoms with van der Waals surface area (Å²) < 4.78 is 7.00. The third kappa shape index (κ3) is 4.53. The van der Waals surface area contributed by atoms with E-state index in [-0.39, 0.29) is 5.78 Å². The fourth-order valence-corrected chi connectivity index (χ4v) is 3.00. The molecule has 0 fully saturated rings. The number of rotatable bonds is 6. The van der Waals surface area contributed by atoms with Crippen LogP contribution >= 0.6 is 11.8 Å². The van der Waals surface area contributed by atoms with E-state index in [2.05, 4.69) is 20.7 Å². The molecule has 0 atom stereocenters. The largest absolute Gasteiger partial charge is 0.497 e. The number of thioether (sulfide) groups is 1. The zero-order valence-electron chi connectivity index (χ0n) is 15.2. The molecule has 0 saturated carbocycles. The molecule has 0 saturated heterocycles. The van der Waals surface area contributed by atoms with E-state index in [1.54, 1.807) is 7.11 Å². The van der Waals surface area contributed by atoms with Crippen molar-refractivity contribution in [3.8, 4) is 17.1 Å². The highest BCUT2D eigenvalue weighted by molar-refractivity contribution is 8.15. The molecule has 0 radical (unpaired) electrons. The number of carbonyl (C=O) groups excluding carboxylic acids is 1. The van der Waals surface area contributed by atoms with Crippen molar-refractivity contribution in [1.82, 2.24) is 14.8 Å². The molecule has 0 aliphatic rings. The van der Waals surface area contributed by atoms with Gasteiger partial charge in [0.25, 0.3) is 0 Å². The second kappa shape index (κ2) is 8.50. The van der Waals surface area contributed by atoms with Gasteiger partial charge in [0, 0.05) is 19.5 Å². The van der Waals surface area contributed by atoms with E-state index in [1.807, 2.05) is 66.2 Å². The Kier molecular flexibility index (Phi) is 5.87. The molecular formula is C19H19N5O2S. The SMILES string of the molecule is COc1ccc(-c2nnc(S/C(=N/Nc3ccccc3)C(C)=O)n2C)cc1. The lowest BCUT2D eigenvalue weighted by atomic mass is 10.2. The van der Waals surface area contributed by atoms with Crippen LogP contribution in [-0.4, -0.2) is 32.7 Å². The first-order valence-corrected chi connectivity index (χ1v) is 9.01. The molecule has 0 aliphatic heterocycles. The smallest absolute Gasteiger partial charge is 0.197 e. The highest BCUT2D eigenvalue weighted by Gasteiger charge is 2.16. The number of aromatic nitrogens is 3. The monoisotopic (exact) mass is 381 g/mol. The summed E-state index contributed by atoms with van der Waals surface area (Å²) in [5, 5.41) is 13.5. The van der Waals surface area contributed by atoms with Crippen molar-refractivity contribution in [3.05, 3.63) is 54.6 Å². The van der Waals surface area contributed by atoms with Gasteiger partial charge in [-0.3, -0.25) is 10.2 Å². The molecule has 0 aliphatic carbocycles. The van der Waals surface area contributed by atoms with Crippen molar-refractivity contribution in [3.63, 3.8) is 0 Å². The molecule has 0 spiro atoms. The molecular weight excluding hydrogens is 362 g/mol. The van der Waals surface area contributed by atoms with Crippen molar-refractivity contribution in [2.75, 3.05) is 12.5 Å². The standard InChI is InChI=1S/C19H19N5O2S/c1-13(25)18(22-20-15-7-5-4-6-8-15)27-19-23-21-17(24(19)2)14-9-11-16(26-3)12-10-14/h4-12,20H,1-3H3/b22-18+. The Morgan fingerprint density at radius 3 is 2.44 bits per heavy atom. The molecule has 3 rings (SSSR count). The molecule has 2 aromatic carbocycles. The third-order valence-electron chi connectivity index (χ3n) is 3.73. The number of ether oxygens (including phenoxy) is 1. The van der Waals surface area contributed by atoms with Gasteiger partial charge in [0.2, 0.25) is 0 Å². The van der Waals surface area contributed by atoms with Crippen LogP contribution in [0.2, 0.25) is 0 Å². The van der Waals surface area contributed by atoms with Crippen LogP contribution < -0.4 is 10.2 Å². The summed E-state index contributed by atoms with van der Waals surface area (Å²) in [6.45, 7) is 1.47. The molecule has 138 valence electrons. The van der Waals surface area contributed by atoms with Crippen LogP contribution in [0.15, 0.2) is 64.9 Å². The fraction of sp³-hybridized carbons (Fsp3) is 0.158. The summed E-state index contributed by atoms with van der Waals surface area (Å²) in [5.74, 6) is 1.31. The van der Waals surface area contributed by atoms with Crippen LogP contribution in [0, 0.1) is 0 Å². The first-order valence-electron chi connectivity index (χ1n) is 8.20. The Morgan fingerprint density at radius 2 is 1.81 bits per heavy atom. The summed E-state index contributed by atoms with van der Waals surface area (Å²) in [7, 11) is 3.47. The van der Waals surface area contributed by atoms with Crippen LogP contribution in [0.25, 0.3) is 11.4 Å². The lowest BCUT2D eigenvalue weighted by Gasteiger charge is -2.06. The van der Waals surface area contributed by atoms with Crippen LogP contribution in [0.4, 0.5) is 5.69 Å². The predicted octanol–water partition coefficient (Wildman–Crippen LogP) is 3.60. The number of methoxy groups -OCH3 is 1. The summed E-state index contributed by atoms with van der Waals surface area (Å²) in [5.41, 5.74) is 4.60. The summed E-state index contributed by atoms with van der Waals surface area (Å²) in [4.78, 5) is 12.0. The third-order valence-corrected chi connectivity index (χ3v) is 4.84. The summed E-state index contributed by atoms with van der Waals surface area (Å²) in [6, 6.07) is 17.0. The minimum atomic E-state index is -0.155. The summed E-state index contributed by atoms with van der Waals surface area (Å²) in [6.07, 6.45) is 0. The Balaban J connectivity index is 1.80. The average Bonchev–Trinajstić information content (AvgIpc) is 3.06. The molecule has 7 nitrogen and oxygen atoms in total. The molecule has 27 heavy (non-hydrogen) atoms. The predicted molar refractivity (Wildman–Crippen MR) is 107 cm³/mol. The van der Waals surface area contributed by atoms with Crippen molar-refractivity contribution < 1.29 is 9.53 Å². The maximum absolute atomic E-state index is 12.0. The van der Waals surface area contributed by atoms with E-state index >= 15 is 0 Å². The van der Waals surface area contributed by atoms with Gasteiger partial charge in [-0.15, -0.1) is 10.2 Å². The van der Waals surface area contributed by atoms with E-state index < -0.39 is 0 Å². The van der Waals surface area contributed by atoms with E-state index in [0.29, 0.717) is 16.0 Å². The second-order valence-electron chi connectivity index (χ2n) is 5.65. The molecule has 1 N–H and O–H groups in total. The highest BCUT2D eigenvalue weighted by Crippen LogP contribution is 2.25. The number of hydrazone groups is 1. The van der Waals surface area contributed by atoms with Crippen molar-refractivity contribution in [1.29, 1.82) is 0 Å². The number of nitrogens with one attached hydrogen (secondary N) is 1. The normalized spacial score (nSPS) is 11.3. The van der Waals surface area contributed by atoms with Gasteiger partial charge in [-0.05, 0) is 48.2 Å². The van der Waals surface area contributed by atoms with Crippen LogP contribution in [0.3, 0.4) is 0 Å². The number of ketones is 1. The fourth-order valence-electron chi connectivity index (χ4n) is 2.28. The first-order chi connectivity index (χ1) is 13.1. The van der Waals surface area contributed by atoms with Crippen molar-refractivity contribution in [2.24, 2.45) is 12.1 Å². The minimum absolute atomic E-state index is 0.155. The maximum Gasteiger partial charge on any atom is 0.197 e. The molecule has 8 heteroatoms. The number of nitrogens with zero attached hydrogens (tertiary/aromatic N) is 4. The van der Waals surface area contributed by atoms with Gasteiger partial charge >= 0.3 is 0 Å². The first kappa shape index (κ1) is 18.7. The van der Waals surface area contributed by atoms with E-state index in [0.717, 1.165) is 17.0 Å². The van der Waals surface area contributed by atoms with E-state index in [4.69, 9.17) is 4.74 Å². The van der Waals surface area contributed by atoms with Gasteiger partial charge in [0.05, 0.1) is 12.8 Å². The zero-order chi connectivity index (χ0) is 19.2. The highest BCUT2D eigenvalue weighted by atomic mass is 32.2. The van der Waals surface area contributed by atoms with Gasteiger partial charge in [0.1, 0.15) is 5.75 Å². The number of para-hydroxylation sites is 1. The van der Waals surface area contributed by atoms with Gasteiger partial charge in [0.15, 0.2) is 21.8 Å². The Morgan fingerprint density at radius 1 is 1.11 bits per heavy atom. The Bertz CT molecular complexity index is 952. The lowest BCUT2D eigenvalue weighted by molar-refractivity contribution is -0.110. The number of benzene rings is 2. The lowest BCUT2D eigenvalue weighted by Crippen LogP contribution is -2.09. The molecule has 1 aromatic heterocycles. The Hall–Kier alpha value is -3.13. The number of hydrogen-bond donors (Lipinski definition) is 1. The van der Waals surface area contributed by atoms with Gasteiger partial charge < -0.3 is 9.30 Å². The molecule has 1 heterocycles. The van der Waals surface area contributed by atoms with Crippen LogP contribution in [0.5, 0.6) is 5.75 Å². The minimum Gasteiger partial charge on any atom is -0.497 e. The van der Waals surface area contributed by atoms with E-state index in [1.165, 1.54) is 18.7 Å². The molecule has 0 bridgehead atoms. The van der Waals surface area contributed by atoms with Crippen molar-refractivity contribution >= 4 is 28.3 Å². The molecule has 0 unspecified atom stereocenters. The maximum atomic E-state index is 12.0. The zero-order valence-corrected chi connectivity index (χ0v) is 16.0. The van der Waals surface area contributed by atoms with E-state index in [9.17, 15) is 4.79 Å². The number of anilines is 1. The van der Waals surface area contributed by atoms with Gasteiger partial charge in [-0.25, -0.2) is 0 Å². The average molecular weight is 381 g/mol. The molecule has 0 amide bonds. The topological polar surface area (TPSA) is 81.4 Å². The number of hydrogen-bond acceptors (Lipinski definition) is 7.